The van der Waals surface area contributed by atoms with E-state index in [1.54, 1.807) is 11.8 Å². The Balaban J connectivity index is 2.33. The quantitative estimate of drug-likeness (QED) is 0.722. The summed E-state index contributed by atoms with van der Waals surface area (Å²) >= 11 is 4.99. The Morgan fingerprint density at radius 3 is 2.45 bits per heavy atom. The molecule has 0 aromatic heterocycles. The fourth-order valence-electron chi connectivity index (χ4n) is 1.79. The van der Waals surface area contributed by atoms with Gasteiger partial charge in [-0.05, 0) is 44.3 Å². The first kappa shape index (κ1) is 17.5. The summed E-state index contributed by atoms with van der Waals surface area (Å²) in [5, 5.41) is 2.93. The minimum Gasteiger partial charge on any atom is -0.354 e. The maximum Gasteiger partial charge on any atom is 0.233 e. The summed E-state index contributed by atoms with van der Waals surface area (Å²) in [6.07, 6.45) is 0. The van der Waals surface area contributed by atoms with Crippen LogP contribution in [0.3, 0.4) is 0 Å². The molecule has 0 fully saturated rings. The highest BCUT2D eigenvalue weighted by Crippen LogP contribution is 2.24. The molecule has 0 saturated heterocycles. The van der Waals surface area contributed by atoms with E-state index in [0.29, 0.717) is 6.54 Å². The van der Waals surface area contributed by atoms with Crippen LogP contribution in [0, 0.1) is 0 Å². The van der Waals surface area contributed by atoms with Crippen molar-refractivity contribution < 1.29 is 4.79 Å². The summed E-state index contributed by atoms with van der Waals surface area (Å²) in [5.41, 5.74) is 0. The Hall–Kier alpha value is -0.520. The summed E-state index contributed by atoms with van der Waals surface area (Å²) in [5.74, 6) is 0.102. The first-order valence-corrected chi connectivity index (χ1v) is 8.66. The number of amides is 1. The van der Waals surface area contributed by atoms with Gasteiger partial charge in [-0.2, -0.15) is 0 Å². The molecular weight excluding hydrogens is 336 g/mol. The predicted octanol–water partition coefficient (Wildman–Crippen LogP) is 3.39. The van der Waals surface area contributed by atoms with E-state index in [4.69, 9.17) is 0 Å². The van der Waals surface area contributed by atoms with E-state index in [2.05, 4.69) is 40.0 Å². The van der Waals surface area contributed by atoms with Gasteiger partial charge in [-0.1, -0.05) is 29.8 Å². The van der Waals surface area contributed by atoms with Crippen molar-refractivity contribution in [3.63, 3.8) is 0 Å². The first-order valence-electron chi connectivity index (χ1n) is 6.99. The van der Waals surface area contributed by atoms with Gasteiger partial charge < -0.3 is 10.2 Å². The molecule has 0 bridgehead atoms. The summed E-state index contributed by atoms with van der Waals surface area (Å²) < 4.78 is 1.05. The van der Waals surface area contributed by atoms with Crippen LogP contribution in [0.15, 0.2) is 33.6 Å². The summed E-state index contributed by atoms with van der Waals surface area (Å²) in [6, 6.07) is 8.03. The van der Waals surface area contributed by atoms with Gasteiger partial charge in [0, 0.05) is 22.5 Å². The minimum absolute atomic E-state index is 0.0760. The molecule has 112 valence electrons. The van der Waals surface area contributed by atoms with E-state index < -0.39 is 0 Å². The number of likely N-dealkylation sites (N-methyl/N-ethyl adjacent to an activating group) is 1. The number of hydrogen-bond acceptors (Lipinski definition) is 3. The maximum absolute atomic E-state index is 12.0. The molecule has 0 radical (unpaired) electrons. The van der Waals surface area contributed by atoms with Gasteiger partial charge in [0.1, 0.15) is 0 Å². The van der Waals surface area contributed by atoms with Gasteiger partial charge in [0.05, 0.1) is 5.25 Å². The third-order valence-electron chi connectivity index (χ3n) is 3.12. The lowest BCUT2D eigenvalue weighted by atomic mass is 10.4. The normalized spacial score (nSPS) is 12.4. The fourth-order valence-corrected chi connectivity index (χ4v) is 2.95. The summed E-state index contributed by atoms with van der Waals surface area (Å²) in [6.45, 7) is 9.89. The molecule has 0 aliphatic heterocycles. The number of rotatable bonds is 8. The molecule has 0 aliphatic carbocycles. The number of thioether (sulfide) groups is 1. The monoisotopic (exact) mass is 358 g/mol. The number of benzene rings is 1. The second-order valence-electron chi connectivity index (χ2n) is 4.53. The van der Waals surface area contributed by atoms with Crippen LogP contribution in [0.4, 0.5) is 0 Å². The van der Waals surface area contributed by atoms with Crippen molar-refractivity contribution >= 4 is 33.6 Å². The van der Waals surface area contributed by atoms with E-state index in [1.807, 2.05) is 31.2 Å². The van der Waals surface area contributed by atoms with Crippen LogP contribution in [-0.2, 0) is 4.79 Å². The Kier molecular flexibility index (Phi) is 8.26. The second-order valence-corrected chi connectivity index (χ2v) is 6.86. The molecule has 1 N–H and O–H groups in total. The molecule has 3 nitrogen and oxygen atoms in total. The van der Waals surface area contributed by atoms with E-state index in [-0.39, 0.29) is 11.2 Å². The van der Waals surface area contributed by atoms with Crippen LogP contribution >= 0.6 is 27.7 Å². The molecule has 1 unspecified atom stereocenters. The SMILES string of the molecule is CCN(CC)CCNC(=O)C(C)Sc1ccc(Br)cc1. The summed E-state index contributed by atoms with van der Waals surface area (Å²) in [7, 11) is 0. The average molecular weight is 359 g/mol. The Morgan fingerprint density at radius 1 is 1.30 bits per heavy atom. The zero-order valence-electron chi connectivity index (χ0n) is 12.4. The van der Waals surface area contributed by atoms with E-state index in [0.717, 1.165) is 29.0 Å². The van der Waals surface area contributed by atoms with Crippen molar-refractivity contribution in [2.75, 3.05) is 26.2 Å². The Bertz CT molecular complexity index is 407. The lowest BCUT2D eigenvalue weighted by Gasteiger charge is -2.19. The summed E-state index contributed by atoms with van der Waals surface area (Å²) in [4.78, 5) is 15.4. The van der Waals surface area contributed by atoms with Crippen LogP contribution in [-0.4, -0.2) is 42.2 Å². The van der Waals surface area contributed by atoms with E-state index in [9.17, 15) is 4.79 Å². The topological polar surface area (TPSA) is 32.3 Å². The Morgan fingerprint density at radius 2 is 1.90 bits per heavy atom. The lowest BCUT2D eigenvalue weighted by Crippen LogP contribution is -2.37. The van der Waals surface area contributed by atoms with Crippen molar-refractivity contribution in [3.8, 4) is 0 Å². The molecule has 1 rings (SSSR count). The molecule has 1 atom stereocenters. The molecule has 0 aliphatic rings. The smallest absolute Gasteiger partial charge is 0.233 e. The number of halogens is 1. The Labute approximate surface area is 134 Å². The van der Waals surface area contributed by atoms with Gasteiger partial charge in [-0.3, -0.25) is 4.79 Å². The van der Waals surface area contributed by atoms with Crippen molar-refractivity contribution in [3.05, 3.63) is 28.7 Å². The van der Waals surface area contributed by atoms with Gasteiger partial charge in [0.15, 0.2) is 0 Å². The standard InChI is InChI=1S/C15H23BrN2OS/c1-4-18(5-2)11-10-17-15(19)12(3)20-14-8-6-13(16)7-9-14/h6-9,12H,4-5,10-11H2,1-3H3,(H,17,19). The number of nitrogens with zero attached hydrogens (tertiary/aromatic N) is 1. The molecule has 20 heavy (non-hydrogen) atoms. The first-order chi connectivity index (χ1) is 9.56. The molecular formula is C15H23BrN2OS. The molecule has 0 saturated carbocycles. The third-order valence-corrected chi connectivity index (χ3v) is 4.76. The average Bonchev–Trinajstić information content (AvgIpc) is 2.45. The van der Waals surface area contributed by atoms with Gasteiger partial charge in [0.25, 0.3) is 0 Å². The second kappa shape index (κ2) is 9.42. The predicted molar refractivity (Wildman–Crippen MR) is 90.3 cm³/mol. The fraction of sp³-hybridized carbons (Fsp3) is 0.533. The highest BCUT2D eigenvalue weighted by molar-refractivity contribution is 9.10. The maximum atomic E-state index is 12.0. The largest absolute Gasteiger partial charge is 0.354 e. The minimum atomic E-state index is -0.0760. The van der Waals surface area contributed by atoms with Crippen molar-refractivity contribution in [2.24, 2.45) is 0 Å². The highest BCUT2D eigenvalue weighted by Gasteiger charge is 2.13. The van der Waals surface area contributed by atoms with Gasteiger partial charge in [0.2, 0.25) is 5.91 Å². The molecule has 0 heterocycles. The van der Waals surface area contributed by atoms with Crippen LogP contribution in [0.2, 0.25) is 0 Å². The third kappa shape index (κ3) is 6.29. The van der Waals surface area contributed by atoms with E-state index in [1.165, 1.54) is 0 Å². The zero-order valence-corrected chi connectivity index (χ0v) is 14.8. The van der Waals surface area contributed by atoms with Crippen molar-refractivity contribution in [1.29, 1.82) is 0 Å². The van der Waals surface area contributed by atoms with Gasteiger partial charge >= 0.3 is 0 Å². The zero-order chi connectivity index (χ0) is 15.0. The number of hydrogen-bond donors (Lipinski definition) is 1. The van der Waals surface area contributed by atoms with E-state index >= 15 is 0 Å². The van der Waals surface area contributed by atoms with Crippen LogP contribution in [0.5, 0.6) is 0 Å². The van der Waals surface area contributed by atoms with Crippen molar-refractivity contribution in [2.45, 2.75) is 30.9 Å². The molecule has 5 heteroatoms. The van der Waals surface area contributed by atoms with Crippen LogP contribution in [0.25, 0.3) is 0 Å². The molecule has 1 aromatic rings. The van der Waals surface area contributed by atoms with Crippen LogP contribution in [0.1, 0.15) is 20.8 Å². The molecule has 1 amide bonds. The number of carbonyl (C=O) groups excluding carboxylic acids is 1. The molecule has 0 spiro atoms. The molecule has 1 aromatic carbocycles. The van der Waals surface area contributed by atoms with Gasteiger partial charge in [-0.25, -0.2) is 0 Å². The highest BCUT2D eigenvalue weighted by atomic mass is 79.9. The van der Waals surface area contributed by atoms with Crippen molar-refractivity contribution in [1.82, 2.24) is 10.2 Å². The number of carbonyl (C=O) groups is 1. The van der Waals surface area contributed by atoms with Gasteiger partial charge in [-0.15, -0.1) is 11.8 Å². The lowest BCUT2D eigenvalue weighted by molar-refractivity contribution is -0.120. The number of nitrogens with one attached hydrogen (secondary N) is 1. The van der Waals surface area contributed by atoms with Crippen LogP contribution < -0.4 is 5.32 Å².